The largest absolute Gasteiger partial charge is 0.348 e. The Bertz CT molecular complexity index is 691. The van der Waals surface area contributed by atoms with Crippen LogP contribution in [0.5, 0.6) is 0 Å². The van der Waals surface area contributed by atoms with Crippen molar-refractivity contribution in [3.8, 4) is 0 Å². The van der Waals surface area contributed by atoms with Crippen molar-refractivity contribution >= 4 is 17.5 Å². The van der Waals surface area contributed by atoms with Crippen LogP contribution in [0.25, 0.3) is 0 Å². The van der Waals surface area contributed by atoms with Gasteiger partial charge in [0.25, 0.3) is 5.91 Å². The summed E-state index contributed by atoms with van der Waals surface area (Å²) in [5, 5.41) is 3.61. The zero-order valence-corrected chi connectivity index (χ0v) is 15.3. The fraction of sp³-hybridized carbons (Fsp3) is 0.381. The smallest absolute Gasteiger partial charge is 0.251 e. The number of rotatable bonds is 5. The van der Waals surface area contributed by atoms with E-state index in [4.69, 9.17) is 11.6 Å². The van der Waals surface area contributed by atoms with Gasteiger partial charge in [0, 0.05) is 23.7 Å². The summed E-state index contributed by atoms with van der Waals surface area (Å²) in [7, 11) is 0. The molecule has 1 aliphatic heterocycles. The van der Waals surface area contributed by atoms with E-state index in [1.54, 1.807) is 0 Å². The van der Waals surface area contributed by atoms with Crippen molar-refractivity contribution < 1.29 is 4.79 Å². The minimum atomic E-state index is -0.0683. The number of hydrogen-bond acceptors (Lipinski definition) is 2. The molecule has 3 nitrogen and oxygen atoms in total. The fourth-order valence-electron chi connectivity index (χ4n) is 3.23. The van der Waals surface area contributed by atoms with Gasteiger partial charge < -0.3 is 5.32 Å². The van der Waals surface area contributed by atoms with Crippen LogP contribution in [0.1, 0.15) is 47.2 Å². The van der Waals surface area contributed by atoms with Crippen LogP contribution in [0.3, 0.4) is 0 Å². The number of amides is 1. The Labute approximate surface area is 155 Å². The van der Waals surface area contributed by atoms with Crippen molar-refractivity contribution in [2.24, 2.45) is 0 Å². The minimum Gasteiger partial charge on any atom is -0.348 e. The molecule has 1 aliphatic rings. The number of nitrogens with zero attached hydrogens (tertiary/aromatic N) is 1. The summed E-state index contributed by atoms with van der Waals surface area (Å²) in [6.45, 7) is 3.77. The summed E-state index contributed by atoms with van der Waals surface area (Å²) >= 11 is 6.12. The molecule has 0 spiro atoms. The van der Waals surface area contributed by atoms with Gasteiger partial charge in [-0.15, -0.1) is 0 Å². The lowest BCUT2D eigenvalue weighted by atomic mass is 10.1. The lowest BCUT2D eigenvalue weighted by molar-refractivity contribution is 0.0951. The van der Waals surface area contributed by atoms with Crippen molar-refractivity contribution in [2.75, 3.05) is 13.1 Å². The first kappa shape index (κ1) is 18.0. The van der Waals surface area contributed by atoms with Gasteiger partial charge >= 0.3 is 0 Å². The van der Waals surface area contributed by atoms with Crippen LogP contribution in [-0.2, 0) is 13.1 Å². The second-order valence-electron chi connectivity index (χ2n) is 6.66. The van der Waals surface area contributed by atoms with E-state index in [0.29, 0.717) is 17.1 Å². The van der Waals surface area contributed by atoms with E-state index in [9.17, 15) is 4.79 Å². The maximum atomic E-state index is 12.3. The van der Waals surface area contributed by atoms with Crippen molar-refractivity contribution in [2.45, 2.75) is 38.8 Å². The second-order valence-corrected chi connectivity index (χ2v) is 7.07. The van der Waals surface area contributed by atoms with Gasteiger partial charge in [-0.3, -0.25) is 9.69 Å². The number of carbonyl (C=O) groups is 1. The van der Waals surface area contributed by atoms with Crippen LogP contribution in [0.15, 0.2) is 48.5 Å². The van der Waals surface area contributed by atoms with Crippen LogP contribution in [-0.4, -0.2) is 23.9 Å². The van der Waals surface area contributed by atoms with Crippen molar-refractivity contribution in [3.05, 3.63) is 70.2 Å². The summed E-state index contributed by atoms with van der Waals surface area (Å²) in [6.07, 6.45) is 5.28. The van der Waals surface area contributed by atoms with Gasteiger partial charge in [-0.1, -0.05) is 54.8 Å². The third kappa shape index (κ3) is 5.32. The summed E-state index contributed by atoms with van der Waals surface area (Å²) < 4.78 is 0. The lowest BCUT2D eigenvalue weighted by Gasteiger charge is -2.19. The Morgan fingerprint density at radius 2 is 1.64 bits per heavy atom. The molecule has 2 aromatic carbocycles. The summed E-state index contributed by atoms with van der Waals surface area (Å²) in [4.78, 5) is 14.8. The van der Waals surface area contributed by atoms with E-state index in [1.165, 1.54) is 44.3 Å². The zero-order valence-electron chi connectivity index (χ0n) is 14.5. The molecule has 1 amide bonds. The number of hydrogen-bond donors (Lipinski definition) is 1. The Hall–Kier alpha value is -1.84. The van der Waals surface area contributed by atoms with Crippen molar-refractivity contribution in [1.29, 1.82) is 0 Å². The summed E-state index contributed by atoms with van der Waals surface area (Å²) in [5.41, 5.74) is 2.88. The molecule has 132 valence electrons. The average molecular weight is 357 g/mol. The molecule has 1 heterocycles. The molecule has 2 aromatic rings. The minimum absolute atomic E-state index is 0.0683. The van der Waals surface area contributed by atoms with Gasteiger partial charge in [0.1, 0.15) is 0 Å². The van der Waals surface area contributed by atoms with Crippen LogP contribution < -0.4 is 5.32 Å². The highest BCUT2D eigenvalue weighted by molar-refractivity contribution is 6.31. The van der Waals surface area contributed by atoms with E-state index < -0.39 is 0 Å². The molecule has 1 fully saturated rings. The predicted octanol–water partition coefficient (Wildman–Crippen LogP) is 4.65. The molecule has 0 bridgehead atoms. The van der Waals surface area contributed by atoms with Crippen LogP contribution in [0.2, 0.25) is 5.02 Å². The van der Waals surface area contributed by atoms with Gasteiger partial charge in [-0.05, 0) is 55.3 Å². The van der Waals surface area contributed by atoms with Crippen molar-refractivity contribution in [1.82, 2.24) is 10.2 Å². The Morgan fingerprint density at radius 3 is 2.32 bits per heavy atom. The molecular formula is C21H25ClN2O. The van der Waals surface area contributed by atoms with Crippen molar-refractivity contribution in [3.63, 3.8) is 0 Å². The maximum Gasteiger partial charge on any atom is 0.251 e. The number of carbonyl (C=O) groups excluding carboxylic acids is 1. The summed E-state index contributed by atoms with van der Waals surface area (Å²) in [5.74, 6) is -0.0683. The second kappa shape index (κ2) is 9.02. The van der Waals surface area contributed by atoms with E-state index in [0.717, 1.165) is 12.1 Å². The Kier molecular flexibility index (Phi) is 6.48. The number of likely N-dealkylation sites (tertiary alicyclic amines) is 1. The van der Waals surface area contributed by atoms with Crippen LogP contribution in [0.4, 0.5) is 0 Å². The molecule has 4 heteroatoms. The number of halogens is 1. The Balaban J connectivity index is 1.54. The lowest BCUT2D eigenvalue weighted by Crippen LogP contribution is -2.24. The molecule has 1 N–H and O–H groups in total. The van der Waals surface area contributed by atoms with Gasteiger partial charge in [0.05, 0.1) is 0 Å². The van der Waals surface area contributed by atoms with Gasteiger partial charge in [0.15, 0.2) is 0 Å². The van der Waals surface area contributed by atoms with Crippen LogP contribution >= 0.6 is 11.6 Å². The van der Waals surface area contributed by atoms with E-state index in [1.807, 2.05) is 36.4 Å². The monoisotopic (exact) mass is 356 g/mol. The van der Waals surface area contributed by atoms with Gasteiger partial charge in [-0.25, -0.2) is 0 Å². The highest BCUT2D eigenvalue weighted by atomic mass is 35.5. The SMILES string of the molecule is O=C(NCc1ccccc1Cl)c1ccc(CN2CCCCCC2)cc1. The van der Waals surface area contributed by atoms with E-state index in [2.05, 4.69) is 22.3 Å². The van der Waals surface area contributed by atoms with Crippen LogP contribution in [0, 0.1) is 0 Å². The average Bonchev–Trinajstić information content (AvgIpc) is 2.90. The molecule has 25 heavy (non-hydrogen) atoms. The zero-order chi connectivity index (χ0) is 17.5. The normalized spacial score (nSPS) is 15.6. The Morgan fingerprint density at radius 1 is 0.960 bits per heavy atom. The quantitative estimate of drug-likeness (QED) is 0.846. The number of nitrogens with one attached hydrogen (secondary N) is 1. The van der Waals surface area contributed by atoms with Gasteiger partial charge in [0.2, 0.25) is 0 Å². The molecule has 1 saturated heterocycles. The molecule has 0 radical (unpaired) electrons. The highest BCUT2D eigenvalue weighted by Crippen LogP contribution is 2.16. The molecule has 0 aliphatic carbocycles. The number of benzene rings is 2. The first-order valence-corrected chi connectivity index (χ1v) is 9.43. The molecular weight excluding hydrogens is 332 g/mol. The molecule has 0 atom stereocenters. The standard InChI is InChI=1S/C21H25ClN2O/c22-20-8-4-3-7-19(20)15-23-21(25)18-11-9-17(10-12-18)16-24-13-5-1-2-6-14-24/h3-4,7-12H,1-2,5-6,13-16H2,(H,23,25). The first-order chi connectivity index (χ1) is 12.2. The van der Waals surface area contributed by atoms with E-state index >= 15 is 0 Å². The topological polar surface area (TPSA) is 32.3 Å². The molecule has 0 unspecified atom stereocenters. The molecule has 0 aromatic heterocycles. The first-order valence-electron chi connectivity index (χ1n) is 9.05. The third-order valence-electron chi connectivity index (χ3n) is 4.72. The third-order valence-corrected chi connectivity index (χ3v) is 5.09. The molecule has 3 rings (SSSR count). The van der Waals surface area contributed by atoms with E-state index in [-0.39, 0.29) is 5.91 Å². The molecule has 0 saturated carbocycles. The van der Waals surface area contributed by atoms with Gasteiger partial charge in [-0.2, -0.15) is 0 Å². The highest BCUT2D eigenvalue weighted by Gasteiger charge is 2.11. The maximum absolute atomic E-state index is 12.3. The fourth-order valence-corrected chi connectivity index (χ4v) is 3.44. The summed E-state index contributed by atoms with van der Waals surface area (Å²) in [6, 6.07) is 15.5. The predicted molar refractivity (Wildman–Crippen MR) is 103 cm³/mol.